The van der Waals surface area contributed by atoms with Gasteiger partial charge in [-0.3, -0.25) is 0 Å². The summed E-state index contributed by atoms with van der Waals surface area (Å²) in [5.41, 5.74) is 4.97. The van der Waals surface area contributed by atoms with E-state index in [1.165, 1.54) is 33.6 Å². The Balaban J connectivity index is 0.00000190. The van der Waals surface area contributed by atoms with Gasteiger partial charge in [-0.05, 0) is 31.1 Å². The first-order valence-electron chi connectivity index (χ1n) is 17.7. The van der Waals surface area contributed by atoms with E-state index in [0.717, 1.165) is 24.0 Å². The molecule has 0 bridgehead atoms. The summed E-state index contributed by atoms with van der Waals surface area (Å²) in [7, 11) is 5.79. The molecule has 282 valence electrons. The number of halogens is 2. The van der Waals surface area contributed by atoms with Gasteiger partial charge in [0.1, 0.15) is 6.79 Å². The molecule has 1 aliphatic carbocycles. The third-order valence-electron chi connectivity index (χ3n) is 9.24. The number of nitrogens with zero attached hydrogens (tertiary/aromatic N) is 2. The molecule has 1 saturated carbocycles. The summed E-state index contributed by atoms with van der Waals surface area (Å²) in [6, 6.07) is 19.2. The van der Waals surface area contributed by atoms with E-state index in [0.29, 0.717) is 28.3 Å². The molecule has 0 aromatic heterocycles. The quantitative estimate of drug-likeness (QED) is 0.115. The van der Waals surface area contributed by atoms with Crippen molar-refractivity contribution < 1.29 is 33.0 Å². The molecular formula is C44H49BF2N2O5. The molecule has 0 saturated heterocycles. The predicted octanol–water partition coefficient (Wildman–Crippen LogP) is 9.19. The zero-order valence-corrected chi connectivity index (χ0v) is 32.1. The molecule has 4 aromatic rings. The van der Waals surface area contributed by atoms with Gasteiger partial charge in [-0.25, -0.2) is 4.79 Å². The topological polar surface area (TPSA) is 87.2 Å². The number of carboxylic acids is 1. The van der Waals surface area contributed by atoms with Crippen LogP contribution >= 0.6 is 0 Å². The average molecular weight is 735 g/mol. The minimum absolute atomic E-state index is 0.00198. The second kappa shape index (κ2) is 19.0. The molecule has 0 radical (unpaired) electrons. The van der Waals surface area contributed by atoms with Gasteiger partial charge in [0, 0.05) is 0 Å². The Morgan fingerprint density at radius 3 is 2.24 bits per heavy atom. The molecule has 5 rings (SSSR count). The smallest absolute Gasteiger partial charge is 0.106 e. The number of aromatic carboxylic acids is 1. The number of benzene rings is 4. The maximum Gasteiger partial charge on any atom is 0.106 e. The normalized spacial score (nSPS) is 12.0. The Morgan fingerprint density at radius 2 is 1.65 bits per heavy atom. The first-order chi connectivity index (χ1) is 25.7. The molecule has 0 unspecified atom stereocenters. The maximum atomic E-state index is 16.0. The van der Waals surface area contributed by atoms with Crippen molar-refractivity contribution in [1.82, 2.24) is 0 Å². The van der Waals surface area contributed by atoms with Gasteiger partial charge in [-0.15, -0.1) is 13.2 Å². The standard InChI is InChI=1S/C41H43BF2N2O4.C2H4.CH2O/c1-7-50-36-20-29(40(48)49)14-15-35(36)46(22-27-17-32(28-12-13-28)19-33(18-27)41(4,5)6)37(47)24-45(23-31-11-9-8-10-30(31)21-42)39-34(43)16-25(2)26(3)38(39)44;2*1-2/h8-11,14-20,28H,7,12-13,22-24H2,1-6H3,(H,48,49);1-2H2;1H2. The second-order valence-corrected chi connectivity index (χ2v) is 14.0. The fraction of sp³-hybridized carbons (Fsp3) is 0.318. The molecular weight excluding hydrogens is 685 g/mol. The molecule has 1 fully saturated rings. The Hall–Kier alpha value is -5.47. The maximum absolute atomic E-state index is 16.0. The van der Waals surface area contributed by atoms with Crippen molar-refractivity contribution in [2.45, 2.75) is 78.8 Å². The molecule has 1 aliphatic rings. The van der Waals surface area contributed by atoms with Crippen LogP contribution in [0.1, 0.15) is 95.8 Å². The number of hydrogen-bond acceptors (Lipinski definition) is 5. The van der Waals surface area contributed by atoms with Crippen LogP contribution in [0, 0.1) is 31.3 Å². The Bertz CT molecular complexity index is 2010. The fourth-order valence-corrected chi connectivity index (χ4v) is 6.11. The van der Waals surface area contributed by atoms with E-state index in [1.54, 1.807) is 51.1 Å². The number of anilines is 2. The van der Waals surface area contributed by atoms with Gasteiger partial charge in [-0.2, -0.15) is 0 Å². The van der Waals surface area contributed by atoms with Crippen molar-refractivity contribution >= 4 is 37.4 Å². The molecule has 0 heterocycles. The molecule has 1 N–H and O–H groups in total. The van der Waals surface area contributed by atoms with Crippen molar-refractivity contribution in [3.63, 3.8) is 0 Å². The van der Waals surface area contributed by atoms with Gasteiger partial charge in [0.15, 0.2) is 0 Å². The van der Waals surface area contributed by atoms with E-state index < -0.39 is 30.1 Å². The molecule has 0 atom stereocenters. The molecule has 10 heteroatoms. The zero-order valence-electron chi connectivity index (χ0n) is 32.1. The Labute approximate surface area is 319 Å². The number of ether oxygens (including phenoxy) is 1. The van der Waals surface area contributed by atoms with Crippen molar-refractivity contribution in [3.8, 4) is 11.6 Å². The fourth-order valence-electron chi connectivity index (χ4n) is 6.11. The van der Waals surface area contributed by atoms with Crippen LogP contribution in [-0.2, 0) is 28.1 Å². The first-order valence-corrected chi connectivity index (χ1v) is 17.7. The van der Waals surface area contributed by atoms with E-state index in [4.69, 9.17) is 16.9 Å². The van der Waals surface area contributed by atoms with Crippen LogP contribution < -0.4 is 14.5 Å². The van der Waals surface area contributed by atoms with E-state index in [1.807, 2.05) is 6.79 Å². The van der Waals surface area contributed by atoms with E-state index in [2.05, 4.69) is 57.9 Å². The van der Waals surface area contributed by atoms with E-state index >= 15 is 8.78 Å². The van der Waals surface area contributed by atoms with Gasteiger partial charge < -0.3 is 9.90 Å². The van der Waals surface area contributed by atoms with Crippen LogP contribution in [0.5, 0.6) is 5.75 Å². The molecule has 0 aliphatic heterocycles. The Morgan fingerprint density at radius 1 is 0.981 bits per heavy atom. The number of hydrogen-bond donors (Lipinski definition) is 1. The van der Waals surface area contributed by atoms with Crippen molar-refractivity contribution in [3.05, 3.63) is 136 Å². The van der Waals surface area contributed by atoms with Crippen molar-refractivity contribution in [1.29, 1.82) is 0 Å². The van der Waals surface area contributed by atoms with Gasteiger partial charge in [0.25, 0.3) is 0 Å². The van der Waals surface area contributed by atoms with Gasteiger partial charge in [0.05, 0.1) is 0 Å². The van der Waals surface area contributed by atoms with Crippen LogP contribution in [0.4, 0.5) is 20.2 Å². The summed E-state index contributed by atoms with van der Waals surface area (Å²) < 4.78 is 37.7. The summed E-state index contributed by atoms with van der Waals surface area (Å²) in [6.07, 6.45) is 2.20. The van der Waals surface area contributed by atoms with Crippen molar-refractivity contribution in [2.24, 2.45) is 0 Å². The first kappa shape index (κ1) is 42.9. The van der Waals surface area contributed by atoms with E-state index in [9.17, 15) is 14.7 Å². The average Bonchev–Trinajstić information content (AvgIpc) is 4.01. The minimum Gasteiger partial charge on any atom is -0.307 e. The summed E-state index contributed by atoms with van der Waals surface area (Å²) in [6.45, 7) is 19.3. The molecule has 54 heavy (non-hydrogen) atoms. The number of amides is 1. The largest absolute Gasteiger partial charge is 0.307 e. The summed E-state index contributed by atoms with van der Waals surface area (Å²) >= 11 is 0. The number of carboxylic acid groups (broad SMARTS) is 1. The molecule has 0 spiro atoms. The monoisotopic (exact) mass is 734 g/mol. The van der Waals surface area contributed by atoms with Crippen LogP contribution in [-0.4, -0.2) is 44.3 Å². The SMILES string of the molecule is B#Cc1ccccc1CN(CC(=O)N(Cc1cc(C2CC2)cc(C(C)(C)C)c1)c1ccc(C(=O)O)cc1OCC)c1c(F)cc(C)c(C)c1F.C=C.C=O. The third kappa shape index (κ3) is 10.4. The molecule has 7 nitrogen and oxygen atoms in total. The van der Waals surface area contributed by atoms with Gasteiger partial charge >= 0.3 is 227 Å². The number of carbonyl (C=O) groups is 3. The van der Waals surface area contributed by atoms with E-state index in [-0.39, 0.29) is 47.7 Å². The Kier molecular flexibility index (Phi) is 15.1. The number of rotatable bonds is 12. The van der Waals surface area contributed by atoms with Gasteiger partial charge in [-0.1, -0.05) is 26.8 Å². The zero-order chi connectivity index (χ0) is 40.3. The summed E-state index contributed by atoms with van der Waals surface area (Å²) in [5, 5.41) is 9.74. The third-order valence-corrected chi connectivity index (χ3v) is 9.24. The number of carbonyl (C=O) groups excluding carboxylic acids is 2. The number of aryl methyl sites for hydroxylation is 1. The van der Waals surface area contributed by atoms with Crippen LogP contribution in [0.3, 0.4) is 0 Å². The van der Waals surface area contributed by atoms with Crippen LogP contribution in [0.15, 0.2) is 79.9 Å². The summed E-state index contributed by atoms with van der Waals surface area (Å²) in [5.74, 6) is 0.138. The molecule has 4 aromatic carbocycles. The predicted molar refractivity (Wildman–Crippen MR) is 213 cm³/mol. The van der Waals surface area contributed by atoms with Crippen LogP contribution in [0.2, 0.25) is 0 Å². The van der Waals surface area contributed by atoms with Crippen molar-refractivity contribution in [2.75, 3.05) is 23.0 Å². The van der Waals surface area contributed by atoms with Gasteiger partial charge in [0.2, 0.25) is 0 Å². The summed E-state index contributed by atoms with van der Waals surface area (Å²) in [4.78, 5) is 37.6. The second-order valence-electron chi connectivity index (χ2n) is 14.0. The van der Waals surface area contributed by atoms with Crippen LogP contribution in [0.25, 0.3) is 0 Å². The minimum atomic E-state index is -1.14. The molecule has 1 amide bonds.